The lowest BCUT2D eigenvalue weighted by Gasteiger charge is -2.15. The predicted octanol–water partition coefficient (Wildman–Crippen LogP) is 5.45. The molecule has 0 spiro atoms. The summed E-state index contributed by atoms with van der Waals surface area (Å²) in [5.41, 5.74) is 1.13. The van der Waals surface area contributed by atoms with Crippen molar-refractivity contribution in [2.75, 3.05) is 7.05 Å². The van der Waals surface area contributed by atoms with Crippen molar-refractivity contribution >= 4 is 34.5 Å². The predicted molar refractivity (Wildman–Crippen MR) is 79.4 cm³/mol. The van der Waals surface area contributed by atoms with Crippen LogP contribution in [-0.4, -0.2) is 7.05 Å². The smallest absolute Gasteiger partial charge is 0.0991 e. The lowest BCUT2D eigenvalue weighted by Crippen LogP contribution is -2.15. The Morgan fingerprint density at radius 2 is 2.18 bits per heavy atom. The molecular weight excluding hydrogens is 273 g/mol. The second-order valence-corrected chi connectivity index (χ2v) is 6.33. The van der Waals surface area contributed by atoms with Crippen molar-refractivity contribution in [2.24, 2.45) is 0 Å². The molecule has 1 N–H and O–H groups in total. The van der Waals surface area contributed by atoms with E-state index in [9.17, 15) is 0 Å². The Kier molecular flexibility index (Phi) is 7.21. The maximum atomic E-state index is 6.16. The van der Waals surface area contributed by atoms with Crippen molar-refractivity contribution < 1.29 is 0 Å². The fourth-order valence-corrected chi connectivity index (χ4v) is 3.44. The summed E-state index contributed by atoms with van der Waals surface area (Å²) in [4.78, 5) is 0. The van der Waals surface area contributed by atoms with Crippen LogP contribution in [0.25, 0.3) is 0 Å². The van der Waals surface area contributed by atoms with Gasteiger partial charge < -0.3 is 5.32 Å². The zero-order valence-electron chi connectivity index (χ0n) is 10.1. The molecule has 0 saturated heterocycles. The van der Waals surface area contributed by atoms with Gasteiger partial charge in [-0.15, -0.1) is 17.9 Å². The molecule has 1 atom stereocenters. The molecule has 0 aromatic carbocycles. The molecule has 0 aliphatic rings. The van der Waals surface area contributed by atoms with Crippen LogP contribution in [-0.2, 0) is 0 Å². The summed E-state index contributed by atoms with van der Waals surface area (Å²) in [7, 11) is 1.97. The fourth-order valence-electron chi connectivity index (χ4n) is 1.86. The molecule has 1 aromatic heterocycles. The van der Waals surface area contributed by atoms with E-state index in [0.29, 0.717) is 6.04 Å². The molecule has 0 amide bonds. The van der Waals surface area contributed by atoms with Crippen LogP contribution < -0.4 is 5.32 Å². The third kappa shape index (κ3) is 5.01. The van der Waals surface area contributed by atoms with Gasteiger partial charge in [-0.25, -0.2) is 0 Å². The van der Waals surface area contributed by atoms with Crippen LogP contribution in [0.15, 0.2) is 18.7 Å². The second kappa shape index (κ2) is 8.15. The second-order valence-electron chi connectivity index (χ2n) is 4.05. The quantitative estimate of drug-likeness (QED) is 0.496. The summed E-state index contributed by atoms with van der Waals surface area (Å²) < 4.78 is 1.57. The van der Waals surface area contributed by atoms with Crippen LogP contribution in [0.3, 0.4) is 0 Å². The van der Waals surface area contributed by atoms with E-state index in [1.54, 1.807) is 0 Å². The first kappa shape index (κ1) is 15.0. The van der Waals surface area contributed by atoms with Crippen LogP contribution in [0.5, 0.6) is 0 Å². The van der Waals surface area contributed by atoms with Crippen LogP contribution in [0, 0.1) is 0 Å². The highest BCUT2D eigenvalue weighted by molar-refractivity contribution is 7.20. The average molecular weight is 292 g/mol. The van der Waals surface area contributed by atoms with Crippen LogP contribution >= 0.6 is 34.5 Å². The largest absolute Gasteiger partial charge is 0.313 e. The number of allylic oxidation sites excluding steroid dienone is 1. The zero-order chi connectivity index (χ0) is 12.7. The maximum Gasteiger partial charge on any atom is 0.0991 e. The van der Waals surface area contributed by atoms with Gasteiger partial charge in [0, 0.05) is 11.6 Å². The highest BCUT2D eigenvalue weighted by Gasteiger charge is 2.15. The standard InChI is InChI=1S/C13H19Cl2NS/c1-3-4-5-6-7-8-11(16-2)10-9-12(14)17-13(10)15/h3,9,11,16H,1,4-8H2,2H3. The van der Waals surface area contributed by atoms with E-state index < -0.39 is 0 Å². The minimum atomic E-state index is 0.315. The van der Waals surface area contributed by atoms with Gasteiger partial charge in [-0.05, 0) is 32.4 Å². The van der Waals surface area contributed by atoms with E-state index in [4.69, 9.17) is 23.2 Å². The third-order valence-corrected chi connectivity index (χ3v) is 4.33. The number of thiophene rings is 1. The number of hydrogen-bond donors (Lipinski definition) is 1. The van der Waals surface area contributed by atoms with Crippen LogP contribution in [0.1, 0.15) is 43.7 Å². The van der Waals surface area contributed by atoms with E-state index in [1.807, 2.05) is 19.2 Å². The molecule has 4 heteroatoms. The summed E-state index contributed by atoms with van der Waals surface area (Å²) in [6.45, 7) is 3.73. The van der Waals surface area contributed by atoms with E-state index in [1.165, 1.54) is 30.6 Å². The van der Waals surface area contributed by atoms with Gasteiger partial charge in [0.05, 0.1) is 8.67 Å². The molecule has 17 heavy (non-hydrogen) atoms. The summed E-state index contributed by atoms with van der Waals surface area (Å²) in [5.74, 6) is 0. The number of rotatable bonds is 8. The normalized spacial score (nSPS) is 12.6. The van der Waals surface area contributed by atoms with Crippen molar-refractivity contribution in [3.8, 4) is 0 Å². The fraction of sp³-hybridized carbons (Fsp3) is 0.538. The molecule has 96 valence electrons. The van der Waals surface area contributed by atoms with E-state index in [-0.39, 0.29) is 0 Å². The summed E-state index contributed by atoms with van der Waals surface area (Å²) >= 11 is 13.6. The number of halogens is 2. The molecule has 0 saturated carbocycles. The Bertz CT molecular complexity index is 349. The Labute approximate surface area is 118 Å². The molecule has 1 heterocycles. The van der Waals surface area contributed by atoms with Crippen molar-refractivity contribution in [1.29, 1.82) is 0 Å². The van der Waals surface area contributed by atoms with Gasteiger partial charge in [-0.1, -0.05) is 42.1 Å². The molecular formula is C13H19Cl2NS. The van der Waals surface area contributed by atoms with Crippen LogP contribution in [0.2, 0.25) is 8.67 Å². The molecule has 1 rings (SSSR count). The van der Waals surface area contributed by atoms with E-state index in [0.717, 1.165) is 27.1 Å². The van der Waals surface area contributed by atoms with Crippen molar-refractivity contribution in [3.05, 3.63) is 33.0 Å². The third-order valence-electron chi connectivity index (χ3n) is 2.81. The molecule has 1 nitrogen and oxygen atoms in total. The molecule has 1 unspecified atom stereocenters. The minimum absolute atomic E-state index is 0.315. The number of hydrogen-bond acceptors (Lipinski definition) is 2. The molecule has 0 radical (unpaired) electrons. The summed E-state index contributed by atoms with van der Waals surface area (Å²) in [5, 5.41) is 3.31. The lowest BCUT2D eigenvalue weighted by atomic mass is 10.0. The maximum absolute atomic E-state index is 6.16. The van der Waals surface area contributed by atoms with E-state index >= 15 is 0 Å². The molecule has 0 aliphatic carbocycles. The first-order chi connectivity index (χ1) is 8.19. The number of nitrogens with one attached hydrogen (secondary N) is 1. The van der Waals surface area contributed by atoms with Gasteiger partial charge in [0.15, 0.2) is 0 Å². The Morgan fingerprint density at radius 3 is 2.71 bits per heavy atom. The van der Waals surface area contributed by atoms with Gasteiger partial charge in [0.1, 0.15) is 0 Å². The van der Waals surface area contributed by atoms with Gasteiger partial charge in [0.25, 0.3) is 0 Å². The van der Waals surface area contributed by atoms with Crippen molar-refractivity contribution in [2.45, 2.75) is 38.1 Å². The lowest BCUT2D eigenvalue weighted by molar-refractivity contribution is 0.509. The first-order valence-electron chi connectivity index (χ1n) is 5.92. The van der Waals surface area contributed by atoms with Gasteiger partial charge in [0.2, 0.25) is 0 Å². The first-order valence-corrected chi connectivity index (χ1v) is 7.49. The average Bonchev–Trinajstić information content (AvgIpc) is 2.63. The van der Waals surface area contributed by atoms with E-state index in [2.05, 4.69) is 11.9 Å². The number of unbranched alkanes of at least 4 members (excludes halogenated alkanes) is 3. The molecule has 0 bridgehead atoms. The highest BCUT2D eigenvalue weighted by Crippen LogP contribution is 2.36. The van der Waals surface area contributed by atoms with Crippen molar-refractivity contribution in [1.82, 2.24) is 5.32 Å². The topological polar surface area (TPSA) is 12.0 Å². The molecule has 1 aromatic rings. The Hall–Kier alpha value is -0.0200. The van der Waals surface area contributed by atoms with Crippen LogP contribution in [0.4, 0.5) is 0 Å². The Balaban J connectivity index is 2.43. The highest BCUT2D eigenvalue weighted by atomic mass is 35.5. The summed E-state index contributed by atoms with van der Waals surface area (Å²) in [6, 6.07) is 2.29. The van der Waals surface area contributed by atoms with Gasteiger partial charge in [-0.2, -0.15) is 0 Å². The summed E-state index contributed by atoms with van der Waals surface area (Å²) in [6.07, 6.45) is 7.83. The monoisotopic (exact) mass is 291 g/mol. The molecule has 0 fully saturated rings. The SMILES string of the molecule is C=CCCCCCC(NC)c1cc(Cl)sc1Cl. The van der Waals surface area contributed by atoms with Crippen molar-refractivity contribution in [3.63, 3.8) is 0 Å². The molecule has 0 aliphatic heterocycles. The minimum Gasteiger partial charge on any atom is -0.313 e. The van der Waals surface area contributed by atoms with Gasteiger partial charge >= 0.3 is 0 Å². The Morgan fingerprint density at radius 1 is 1.41 bits per heavy atom. The zero-order valence-corrected chi connectivity index (χ0v) is 12.5. The van der Waals surface area contributed by atoms with Gasteiger partial charge in [-0.3, -0.25) is 0 Å².